The van der Waals surface area contributed by atoms with Gasteiger partial charge in [0.25, 0.3) is 5.91 Å². The van der Waals surface area contributed by atoms with Gasteiger partial charge in [-0.25, -0.2) is 0 Å². The molecule has 16 heteroatoms. The highest BCUT2D eigenvalue weighted by molar-refractivity contribution is 7.99. The Morgan fingerprint density at radius 1 is 1.00 bits per heavy atom. The Balaban J connectivity index is 0.822. The minimum atomic E-state index is -0.615. The van der Waals surface area contributed by atoms with Crippen LogP contribution in [-0.2, 0) is 20.9 Å². The van der Waals surface area contributed by atoms with E-state index in [0.717, 1.165) is 88.7 Å². The van der Waals surface area contributed by atoms with Gasteiger partial charge in [0.1, 0.15) is 22.9 Å². The number of halogens is 1. The molecular formula is C40H44ClN9O4S2. The second kappa shape index (κ2) is 16.2. The SMILES string of the molecule is Cc1sc2c(c1C)C(c1ccc(Cl)cc1)=N[C@@H](CC(=O)NCCN1CCN(CCSc3cccc4c3CN(C3CCC(=O)NC3=O)C4=O)CC1)c1nnc(C)n1-2. The van der Waals surface area contributed by atoms with Crippen molar-refractivity contribution in [1.82, 2.24) is 40.1 Å². The number of aromatic nitrogens is 3. The predicted molar refractivity (Wildman–Crippen MR) is 217 cm³/mol. The summed E-state index contributed by atoms with van der Waals surface area (Å²) in [5.74, 6) is 1.40. The fourth-order valence-corrected chi connectivity index (χ4v) is 10.4. The molecule has 4 aromatic rings. The van der Waals surface area contributed by atoms with Crippen LogP contribution in [0.2, 0.25) is 5.02 Å². The number of benzene rings is 2. The van der Waals surface area contributed by atoms with Crippen LogP contribution < -0.4 is 10.6 Å². The van der Waals surface area contributed by atoms with Gasteiger partial charge in [0.05, 0.1) is 12.1 Å². The molecule has 0 bridgehead atoms. The number of nitrogens with one attached hydrogen (secondary N) is 2. The normalized spacial score (nSPS) is 20.0. The Morgan fingerprint density at radius 3 is 2.50 bits per heavy atom. The van der Waals surface area contributed by atoms with E-state index in [1.54, 1.807) is 28.0 Å². The number of carbonyl (C=O) groups is 4. The van der Waals surface area contributed by atoms with E-state index in [4.69, 9.17) is 16.6 Å². The molecule has 2 N–H and O–H groups in total. The summed E-state index contributed by atoms with van der Waals surface area (Å²) in [4.78, 5) is 64.7. The molecule has 2 atom stereocenters. The number of amides is 4. The fraction of sp³-hybridized carbons (Fsp3) is 0.425. The molecule has 2 aromatic carbocycles. The summed E-state index contributed by atoms with van der Waals surface area (Å²) >= 11 is 9.68. The molecular weight excluding hydrogens is 770 g/mol. The van der Waals surface area contributed by atoms with Crippen LogP contribution >= 0.6 is 34.7 Å². The highest BCUT2D eigenvalue weighted by atomic mass is 35.5. The maximum atomic E-state index is 13.5. The van der Waals surface area contributed by atoms with Crippen molar-refractivity contribution in [2.45, 2.75) is 63.6 Å². The van der Waals surface area contributed by atoms with Gasteiger partial charge in [0.15, 0.2) is 5.82 Å². The topological polar surface area (TPSA) is 145 Å². The first-order chi connectivity index (χ1) is 27.0. The van der Waals surface area contributed by atoms with E-state index in [2.05, 4.69) is 49.0 Å². The molecule has 292 valence electrons. The summed E-state index contributed by atoms with van der Waals surface area (Å²) in [6, 6.07) is 12.3. The van der Waals surface area contributed by atoms with Crippen molar-refractivity contribution in [3.05, 3.63) is 91.8 Å². The summed E-state index contributed by atoms with van der Waals surface area (Å²) in [5.41, 5.74) is 5.57. The van der Waals surface area contributed by atoms with Crippen LogP contribution in [0.3, 0.4) is 0 Å². The lowest BCUT2D eigenvalue weighted by Crippen LogP contribution is -2.52. The number of hydrogen-bond acceptors (Lipinski definition) is 11. The molecule has 4 aliphatic rings. The van der Waals surface area contributed by atoms with Crippen LogP contribution in [0.15, 0.2) is 52.4 Å². The van der Waals surface area contributed by atoms with Gasteiger partial charge in [-0.05, 0) is 62.6 Å². The monoisotopic (exact) mass is 813 g/mol. The van der Waals surface area contributed by atoms with Gasteiger partial charge in [-0.3, -0.25) is 43.9 Å². The molecule has 2 saturated heterocycles. The van der Waals surface area contributed by atoms with Crippen LogP contribution in [0.25, 0.3) is 5.00 Å². The van der Waals surface area contributed by atoms with Crippen molar-refractivity contribution in [2.75, 3.05) is 51.6 Å². The van der Waals surface area contributed by atoms with Gasteiger partial charge in [-0.15, -0.1) is 33.3 Å². The van der Waals surface area contributed by atoms with Crippen molar-refractivity contribution in [3.63, 3.8) is 0 Å². The first-order valence-corrected chi connectivity index (χ1v) is 21.2. The van der Waals surface area contributed by atoms with Gasteiger partial charge >= 0.3 is 0 Å². The summed E-state index contributed by atoms with van der Waals surface area (Å²) < 4.78 is 2.06. The second-order valence-electron chi connectivity index (χ2n) is 14.7. The highest BCUT2D eigenvalue weighted by Gasteiger charge is 2.40. The maximum Gasteiger partial charge on any atom is 0.255 e. The second-order valence-corrected chi connectivity index (χ2v) is 17.4. The quantitative estimate of drug-likeness (QED) is 0.166. The molecule has 8 rings (SSSR count). The molecule has 2 fully saturated rings. The minimum Gasteiger partial charge on any atom is -0.355 e. The van der Waals surface area contributed by atoms with Crippen molar-refractivity contribution in [1.29, 1.82) is 0 Å². The van der Waals surface area contributed by atoms with Crippen LogP contribution in [0.4, 0.5) is 0 Å². The third kappa shape index (κ3) is 7.67. The summed E-state index contributed by atoms with van der Waals surface area (Å²) in [6.07, 6.45) is 0.751. The summed E-state index contributed by atoms with van der Waals surface area (Å²) in [5, 5.41) is 16.1. The molecule has 0 radical (unpaired) electrons. The molecule has 13 nitrogen and oxygen atoms in total. The molecule has 0 aliphatic carbocycles. The Morgan fingerprint density at radius 2 is 1.75 bits per heavy atom. The van der Waals surface area contributed by atoms with E-state index < -0.39 is 18.0 Å². The standard InChI is InChI=1S/C40H44ClN9O4S2/c1-23-24(2)56-40-35(23)36(26-7-9-27(41)10-8-26)43-30(37-46-45-25(3)50(37)40)21-34(52)42-13-14-47-15-17-48(18-16-47)19-20-55-32-6-4-5-28-29(32)22-49(39(28)54)31-11-12-33(51)44-38(31)53/h4-10,30-31H,11-22H2,1-3H3,(H,42,52)(H,44,51,53)/t30-,31?/m0/s1. The summed E-state index contributed by atoms with van der Waals surface area (Å²) in [7, 11) is 0. The Kier molecular flexibility index (Phi) is 11.1. The number of aliphatic imine (C=N–C) groups is 1. The number of nitrogens with zero attached hydrogens (tertiary/aromatic N) is 7. The van der Waals surface area contributed by atoms with Gasteiger partial charge in [-0.2, -0.15) is 0 Å². The molecule has 4 aliphatic heterocycles. The van der Waals surface area contributed by atoms with Crippen molar-refractivity contribution < 1.29 is 19.2 Å². The lowest BCUT2D eigenvalue weighted by molar-refractivity contribution is -0.137. The van der Waals surface area contributed by atoms with Crippen LogP contribution in [0.5, 0.6) is 0 Å². The van der Waals surface area contributed by atoms with Crippen molar-refractivity contribution in [2.24, 2.45) is 4.99 Å². The van der Waals surface area contributed by atoms with E-state index in [1.165, 1.54) is 4.88 Å². The van der Waals surface area contributed by atoms with E-state index in [-0.39, 0.29) is 30.6 Å². The number of aryl methyl sites for hydroxylation is 2. The third-order valence-corrected chi connectivity index (χ3v) is 13.7. The van der Waals surface area contributed by atoms with E-state index in [9.17, 15) is 19.2 Å². The molecule has 56 heavy (non-hydrogen) atoms. The average Bonchev–Trinajstić information content (AvgIpc) is 3.80. The Bertz CT molecular complexity index is 2230. The Labute approximate surface area is 338 Å². The van der Waals surface area contributed by atoms with Crippen LogP contribution in [0.1, 0.15) is 74.4 Å². The number of rotatable bonds is 11. The van der Waals surface area contributed by atoms with Gasteiger partial charge in [-0.1, -0.05) is 29.8 Å². The number of piperazine rings is 1. The lowest BCUT2D eigenvalue weighted by Gasteiger charge is -2.34. The third-order valence-electron chi connectivity index (χ3n) is 11.2. The largest absolute Gasteiger partial charge is 0.355 e. The van der Waals surface area contributed by atoms with E-state index in [0.29, 0.717) is 35.9 Å². The number of imide groups is 1. The van der Waals surface area contributed by atoms with E-state index >= 15 is 0 Å². The average molecular weight is 814 g/mol. The van der Waals surface area contributed by atoms with E-state index in [1.807, 2.05) is 49.4 Å². The molecule has 2 aromatic heterocycles. The first-order valence-electron chi connectivity index (χ1n) is 19.0. The lowest BCUT2D eigenvalue weighted by atomic mass is 9.99. The number of hydrogen-bond donors (Lipinski definition) is 2. The zero-order valence-electron chi connectivity index (χ0n) is 31.6. The number of piperidine rings is 1. The van der Waals surface area contributed by atoms with Gasteiger partial charge in [0.2, 0.25) is 17.7 Å². The Hall–Kier alpha value is -4.41. The fourth-order valence-electron chi connectivity index (χ4n) is 7.95. The zero-order valence-corrected chi connectivity index (χ0v) is 34.0. The van der Waals surface area contributed by atoms with Crippen LogP contribution in [0, 0.1) is 20.8 Å². The smallest absolute Gasteiger partial charge is 0.255 e. The minimum absolute atomic E-state index is 0.0791. The van der Waals surface area contributed by atoms with Crippen molar-refractivity contribution in [3.8, 4) is 5.00 Å². The molecule has 6 heterocycles. The van der Waals surface area contributed by atoms with Gasteiger partial charge < -0.3 is 10.2 Å². The predicted octanol–water partition coefficient (Wildman–Crippen LogP) is 4.48. The number of carbonyl (C=O) groups excluding carboxylic acids is 4. The molecule has 1 unspecified atom stereocenters. The number of thiophene rings is 1. The van der Waals surface area contributed by atoms with Crippen LogP contribution in [-0.4, -0.2) is 116 Å². The molecule has 4 amide bonds. The highest BCUT2D eigenvalue weighted by Crippen LogP contribution is 2.40. The number of fused-ring (bicyclic) bond motifs is 4. The first kappa shape index (κ1) is 38.5. The van der Waals surface area contributed by atoms with Gasteiger partial charge in [0, 0.05) is 96.0 Å². The summed E-state index contributed by atoms with van der Waals surface area (Å²) in [6.45, 7) is 12.5. The molecule has 0 spiro atoms. The zero-order chi connectivity index (χ0) is 39.1. The maximum absolute atomic E-state index is 13.5. The van der Waals surface area contributed by atoms with Crippen molar-refractivity contribution >= 4 is 64.0 Å². The number of thioether (sulfide) groups is 1. The molecule has 0 saturated carbocycles.